The Balaban J connectivity index is 1.87. The van der Waals surface area contributed by atoms with Crippen molar-refractivity contribution < 1.29 is 9.53 Å². The van der Waals surface area contributed by atoms with Gasteiger partial charge in [0.1, 0.15) is 0 Å². The highest BCUT2D eigenvalue weighted by atomic mass is 16.6. The quantitative estimate of drug-likeness (QED) is 0.745. The minimum absolute atomic E-state index is 0.138. The van der Waals surface area contributed by atoms with Crippen LogP contribution in [0.2, 0.25) is 0 Å². The molecule has 0 bridgehead atoms. The molecule has 4 heteroatoms. The highest BCUT2D eigenvalue weighted by Gasteiger charge is 2.32. The summed E-state index contributed by atoms with van der Waals surface area (Å²) < 4.78 is 5.18. The first-order chi connectivity index (χ1) is 7.34. The predicted molar refractivity (Wildman–Crippen MR) is 55.8 cm³/mol. The van der Waals surface area contributed by atoms with E-state index in [0.29, 0.717) is 6.54 Å². The molecule has 0 saturated carbocycles. The number of benzene rings is 1. The van der Waals surface area contributed by atoms with Crippen molar-refractivity contribution in [2.24, 2.45) is 0 Å². The first-order valence-corrected chi connectivity index (χ1v) is 5.13. The Morgan fingerprint density at radius 3 is 3.07 bits per heavy atom. The van der Waals surface area contributed by atoms with Crippen LogP contribution in [0.5, 0.6) is 0 Å². The monoisotopic (exact) mass is 204 g/mol. The molecule has 4 nitrogen and oxygen atoms in total. The minimum Gasteiger partial charge on any atom is -0.423 e. The van der Waals surface area contributed by atoms with E-state index < -0.39 is 0 Å². The van der Waals surface area contributed by atoms with Gasteiger partial charge in [-0.25, -0.2) is 4.79 Å². The molecule has 15 heavy (non-hydrogen) atoms. The van der Waals surface area contributed by atoms with Crippen LogP contribution in [0, 0.1) is 0 Å². The topological polar surface area (TPSA) is 41.6 Å². The summed E-state index contributed by atoms with van der Waals surface area (Å²) in [6.07, 6.45) is 0.579. The van der Waals surface area contributed by atoms with Crippen molar-refractivity contribution in [3.63, 3.8) is 0 Å². The molecule has 3 rings (SSSR count). The summed E-state index contributed by atoms with van der Waals surface area (Å²) in [4.78, 5) is 13.1. The van der Waals surface area contributed by atoms with Crippen LogP contribution in [-0.2, 0) is 11.2 Å². The molecule has 0 aliphatic carbocycles. The van der Waals surface area contributed by atoms with Crippen molar-refractivity contribution in [3.8, 4) is 0 Å². The van der Waals surface area contributed by atoms with Crippen LogP contribution >= 0.6 is 0 Å². The zero-order valence-corrected chi connectivity index (χ0v) is 8.27. The zero-order chi connectivity index (χ0) is 10.3. The average molecular weight is 204 g/mol. The maximum Gasteiger partial charge on any atom is 0.409 e. The molecule has 0 radical (unpaired) electrons. The van der Waals surface area contributed by atoms with Gasteiger partial charge >= 0.3 is 6.09 Å². The number of alkyl carbamates (subject to hydrolysis) is 1. The van der Waals surface area contributed by atoms with Crippen LogP contribution in [-0.4, -0.2) is 25.4 Å². The van der Waals surface area contributed by atoms with E-state index in [1.54, 1.807) is 0 Å². The summed E-state index contributed by atoms with van der Waals surface area (Å²) in [5, 5.41) is 2.67. The van der Waals surface area contributed by atoms with E-state index in [1.807, 2.05) is 12.1 Å². The van der Waals surface area contributed by atoms with Crippen molar-refractivity contribution in [2.75, 3.05) is 18.0 Å². The van der Waals surface area contributed by atoms with Gasteiger partial charge in [-0.3, -0.25) is 0 Å². The molecule has 1 unspecified atom stereocenters. The van der Waals surface area contributed by atoms with Gasteiger partial charge in [0, 0.05) is 12.2 Å². The Morgan fingerprint density at radius 1 is 1.40 bits per heavy atom. The SMILES string of the molecule is O=C1NCC(N2CCc3ccccc32)O1. The fourth-order valence-electron chi connectivity index (χ4n) is 2.21. The highest BCUT2D eigenvalue weighted by Crippen LogP contribution is 2.30. The van der Waals surface area contributed by atoms with E-state index in [2.05, 4.69) is 22.3 Å². The van der Waals surface area contributed by atoms with Gasteiger partial charge in [-0.05, 0) is 18.1 Å². The fourth-order valence-corrected chi connectivity index (χ4v) is 2.21. The molecule has 1 fully saturated rings. The van der Waals surface area contributed by atoms with Gasteiger partial charge in [0.05, 0.1) is 6.54 Å². The number of amides is 1. The molecular formula is C11H12N2O2. The molecule has 1 N–H and O–H groups in total. The highest BCUT2D eigenvalue weighted by molar-refractivity contribution is 5.71. The largest absolute Gasteiger partial charge is 0.423 e. The summed E-state index contributed by atoms with van der Waals surface area (Å²) in [7, 11) is 0. The molecular weight excluding hydrogens is 192 g/mol. The molecule has 1 atom stereocenters. The Morgan fingerprint density at radius 2 is 2.27 bits per heavy atom. The van der Waals surface area contributed by atoms with Gasteiger partial charge in [-0.15, -0.1) is 0 Å². The lowest BCUT2D eigenvalue weighted by atomic mass is 10.2. The van der Waals surface area contributed by atoms with Crippen molar-refractivity contribution in [2.45, 2.75) is 12.6 Å². The number of nitrogens with zero attached hydrogens (tertiary/aromatic N) is 1. The number of hydrogen-bond acceptors (Lipinski definition) is 3. The number of para-hydroxylation sites is 1. The Hall–Kier alpha value is -1.71. The molecule has 2 heterocycles. The number of carbonyl (C=O) groups excluding carboxylic acids is 1. The van der Waals surface area contributed by atoms with Crippen molar-refractivity contribution >= 4 is 11.8 Å². The van der Waals surface area contributed by atoms with E-state index in [9.17, 15) is 4.79 Å². The molecule has 1 saturated heterocycles. The van der Waals surface area contributed by atoms with E-state index in [4.69, 9.17) is 4.74 Å². The minimum atomic E-state index is -0.315. The summed E-state index contributed by atoms with van der Waals surface area (Å²) in [6.45, 7) is 1.51. The summed E-state index contributed by atoms with van der Waals surface area (Å²) in [6, 6.07) is 8.26. The Bertz CT molecular complexity index is 405. The maximum absolute atomic E-state index is 11.0. The van der Waals surface area contributed by atoms with E-state index >= 15 is 0 Å². The first kappa shape index (κ1) is 8.59. The number of ether oxygens (including phenoxy) is 1. The summed E-state index contributed by atoms with van der Waals surface area (Å²) >= 11 is 0. The second-order valence-electron chi connectivity index (χ2n) is 3.81. The van der Waals surface area contributed by atoms with E-state index in [1.165, 1.54) is 11.3 Å². The van der Waals surface area contributed by atoms with Gasteiger partial charge in [-0.2, -0.15) is 0 Å². The van der Waals surface area contributed by atoms with E-state index in [0.717, 1.165) is 13.0 Å². The molecule has 1 aromatic rings. The second-order valence-corrected chi connectivity index (χ2v) is 3.81. The number of cyclic esters (lactones) is 1. The van der Waals surface area contributed by atoms with E-state index in [-0.39, 0.29) is 12.3 Å². The van der Waals surface area contributed by atoms with Crippen molar-refractivity contribution in [3.05, 3.63) is 29.8 Å². The van der Waals surface area contributed by atoms with Gasteiger partial charge in [-0.1, -0.05) is 18.2 Å². The zero-order valence-electron chi connectivity index (χ0n) is 8.27. The van der Waals surface area contributed by atoms with Crippen LogP contribution in [0.3, 0.4) is 0 Å². The third kappa shape index (κ3) is 1.33. The third-order valence-corrected chi connectivity index (χ3v) is 2.93. The Labute approximate surface area is 87.8 Å². The second kappa shape index (κ2) is 3.15. The van der Waals surface area contributed by atoms with Gasteiger partial charge in [0.15, 0.2) is 6.23 Å². The number of anilines is 1. The number of hydrogen-bond donors (Lipinski definition) is 1. The van der Waals surface area contributed by atoms with Crippen LogP contribution < -0.4 is 10.2 Å². The third-order valence-electron chi connectivity index (χ3n) is 2.93. The first-order valence-electron chi connectivity index (χ1n) is 5.13. The number of fused-ring (bicyclic) bond motifs is 1. The molecule has 0 aromatic heterocycles. The predicted octanol–water partition coefficient (Wildman–Crippen LogP) is 1.11. The van der Waals surface area contributed by atoms with Crippen molar-refractivity contribution in [1.82, 2.24) is 5.32 Å². The van der Waals surface area contributed by atoms with Gasteiger partial charge in [0.25, 0.3) is 0 Å². The standard InChI is InChI=1S/C11H12N2O2/c14-11-12-7-10(15-11)13-6-5-8-3-1-2-4-9(8)13/h1-4,10H,5-7H2,(H,12,14). The molecule has 2 aliphatic heterocycles. The summed E-state index contributed by atoms with van der Waals surface area (Å²) in [5.41, 5.74) is 2.53. The maximum atomic E-state index is 11.0. The van der Waals surface area contributed by atoms with Crippen LogP contribution in [0.15, 0.2) is 24.3 Å². The molecule has 1 amide bonds. The normalized spacial score (nSPS) is 23.6. The van der Waals surface area contributed by atoms with Gasteiger partial charge in [0.2, 0.25) is 0 Å². The number of nitrogens with one attached hydrogen (secondary N) is 1. The molecule has 78 valence electrons. The number of carbonyl (C=O) groups is 1. The fraction of sp³-hybridized carbons (Fsp3) is 0.364. The summed E-state index contributed by atoms with van der Waals surface area (Å²) in [5.74, 6) is 0. The average Bonchev–Trinajstić information content (AvgIpc) is 2.83. The number of rotatable bonds is 1. The molecule has 2 aliphatic rings. The smallest absolute Gasteiger partial charge is 0.409 e. The van der Waals surface area contributed by atoms with Crippen molar-refractivity contribution in [1.29, 1.82) is 0 Å². The molecule has 1 aromatic carbocycles. The van der Waals surface area contributed by atoms with Gasteiger partial charge < -0.3 is 15.0 Å². The van der Waals surface area contributed by atoms with Crippen LogP contribution in [0.25, 0.3) is 0 Å². The molecule has 0 spiro atoms. The lowest BCUT2D eigenvalue weighted by Gasteiger charge is -2.24. The van der Waals surface area contributed by atoms with Crippen LogP contribution in [0.1, 0.15) is 5.56 Å². The van der Waals surface area contributed by atoms with Crippen LogP contribution in [0.4, 0.5) is 10.5 Å². The Kier molecular flexibility index (Phi) is 1.80. The lowest BCUT2D eigenvalue weighted by molar-refractivity contribution is 0.139. The lowest BCUT2D eigenvalue weighted by Crippen LogP contribution is -2.36.